The Balaban J connectivity index is 1.77. The van der Waals surface area contributed by atoms with Crippen LogP contribution in [0.2, 0.25) is 5.02 Å². The first-order valence-corrected chi connectivity index (χ1v) is 9.69. The number of nitrogens with one attached hydrogen (secondary N) is 2. The zero-order valence-electron chi connectivity index (χ0n) is 17.0. The number of rotatable bonds is 5. The number of ether oxygens (including phenoxy) is 2. The molecule has 0 aliphatic carbocycles. The van der Waals surface area contributed by atoms with Crippen LogP contribution in [0.1, 0.15) is 18.5 Å². The molecule has 1 atom stereocenters. The molecule has 3 aromatic rings. The van der Waals surface area contributed by atoms with Crippen molar-refractivity contribution in [1.82, 2.24) is 14.8 Å². The average Bonchev–Trinajstić information content (AvgIpc) is 3.21. The van der Waals surface area contributed by atoms with Crippen molar-refractivity contribution >= 4 is 29.1 Å². The number of halogens is 1. The number of allylic oxidation sites excluding steroid dienone is 1. The standard InChI is InChI=1S/C21H20ClN5O4/c1-11-18(20(29)26-15-9-16(30-2)14(22)8-17(15)31-3)19(12-5-4-6-13(28)7-12)27-21(25-11)23-10-24-27/h4-10,19,28H,1-3H3,(H,26,29)(H,23,24,25)/t19-/m1/s1. The highest BCUT2D eigenvalue weighted by Crippen LogP contribution is 2.39. The van der Waals surface area contributed by atoms with Gasteiger partial charge < -0.3 is 25.2 Å². The number of nitrogens with zero attached hydrogens (tertiary/aromatic N) is 3. The van der Waals surface area contributed by atoms with E-state index < -0.39 is 6.04 Å². The van der Waals surface area contributed by atoms with E-state index in [-0.39, 0.29) is 11.7 Å². The van der Waals surface area contributed by atoms with E-state index >= 15 is 0 Å². The Hall–Kier alpha value is -3.72. The molecule has 2 heterocycles. The fourth-order valence-corrected chi connectivity index (χ4v) is 3.77. The predicted octanol–water partition coefficient (Wildman–Crippen LogP) is 3.58. The number of aromatic nitrogens is 3. The third kappa shape index (κ3) is 3.75. The molecule has 1 aromatic heterocycles. The van der Waals surface area contributed by atoms with Crippen molar-refractivity contribution in [3.63, 3.8) is 0 Å². The summed E-state index contributed by atoms with van der Waals surface area (Å²) in [4.78, 5) is 17.7. The van der Waals surface area contributed by atoms with Crippen LogP contribution in [0.3, 0.4) is 0 Å². The van der Waals surface area contributed by atoms with Gasteiger partial charge in [0.25, 0.3) is 5.91 Å². The minimum Gasteiger partial charge on any atom is -0.508 e. The maximum absolute atomic E-state index is 13.5. The molecule has 10 heteroatoms. The van der Waals surface area contributed by atoms with Crippen LogP contribution < -0.4 is 20.1 Å². The summed E-state index contributed by atoms with van der Waals surface area (Å²) in [6.45, 7) is 1.78. The Morgan fingerprint density at radius 3 is 2.71 bits per heavy atom. The molecule has 160 valence electrons. The third-order valence-electron chi connectivity index (χ3n) is 4.95. The fourth-order valence-electron chi connectivity index (χ4n) is 3.54. The number of phenolic OH excluding ortho intramolecular Hbond substituents is 1. The van der Waals surface area contributed by atoms with E-state index in [9.17, 15) is 9.90 Å². The van der Waals surface area contributed by atoms with Crippen LogP contribution in [0, 0.1) is 0 Å². The number of fused-ring (bicyclic) bond motifs is 1. The Morgan fingerprint density at radius 2 is 2.00 bits per heavy atom. The third-order valence-corrected chi connectivity index (χ3v) is 5.24. The number of carbonyl (C=O) groups excluding carboxylic acids is 1. The molecule has 0 radical (unpaired) electrons. The summed E-state index contributed by atoms with van der Waals surface area (Å²) in [5.41, 5.74) is 2.08. The quantitative estimate of drug-likeness (QED) is 0.555. The number of hydrogen-bond donors (Lipinski definition) is 3. The summed E-state index contributed by atoms with van der Waals surface area (Å²) < 4.78 is 12.2. The Morgan fingerprint density at radius 1 is 1.23 bits per heavy atom. The summed E-state index contributed by atoms with van der Waals surface area (Å²) in [6, 6.07) is 9.23. The second kappa shape index (κ2) is 8.19. The molecule has 0 spiro atoms. The van der Waals surface area contributed by atoms with Gasteiger partial charge >= 0.3 is 0 Å². The van der Waals surface area contributed by atoms with Crippen molar-refractivity contribution in [2.45, 2.75) is 13.0 Å². The van der Waals surface area contributed by atoms with Gasteiger partial charge in [-0.05, 0) is 24.6 Å². The largest absolute Gasteiger partial charge is 0.508 e. The molecule has 0 saturated carbocycles. The highest BCUT2D eigenvalue weighted by atomic mass is 35.5. The van der Waals surface area contributed by atoms with Crippen LogP contribution in [0.5, 0.6) is 17.2 Å². The smallest absolute Gasteiger partial charge is 0.255 e. The second-order valence-electron chi connectivity index (χ2n) is 6.83. The highest BCUT2D eigenvalue weighted by Gasteiger charge is 2.34. The van der Waals surface area contributed by atoms with Crippen molar-refractivity contribution in [2.75, 3.05) is 24.9 Å². The number of aromatic hydroxyl groups is 1. The first-order valence-electron chi connectivity index (χ1n) is 9.32. The summed E-state index contributed by atoms with van der Waals surface area (Å²) >= 11 is 6.17. The van der Waals surface area contributed by atoms with E-state index in [1.807, 2.05) is 6.07 Å². The van der Waals surface area contributed by atoms with Crippen LogP contribution in [0.4, 0.5) is 11.6 Å². The number of phenols is 1. The fraction of sp³-hybridized carbons (Fsp3) is 0.190. The number of methoxy groups -OCH3 is 2. The number of carbonyl (C=O) groups is 1. The SMILES string of the molecule is COc1cc(NC(=O)C2=C(C)Nc3ncnn3[C@@H]2c2cccc(O)c2)c(OC)cc1Cl. The van der Waals surface area contributed by atoms with Crippen molar-refractivity contribution in [1.29, 1.82) is 0 Å². The molecule has 4 rings (SSSR count). The first-order chi connectivity index (χ1) is 14.9. The zero-order chi connectivity index (χ0) is 22.1. The predicted molar refractivity (Wildman–Crippen MR) is 116 cm³/mol. The Labute approximate surface area is 183 Å². The lowest BCUT2D eigenvalue weighted by atomic mass is 9.95. The minimum atomic E-state index is -0.606. The molecule has 9 nitrogen and oxygen atoms in total. The van der Waals surface area contributed by atoms with Gasteiger partial charge in [0, 0.05) is 17.8 Å². The van der Waals surface area contributed by atoms with Gasteiger partial charge in [-0.25, -0.2) is 4.68 Å². The molecule has 2 aromatic carbocycles. The number of hydrogen-bond acceptors (Lipinski definition) is 7. The van der Waals surface area contributed by atoms with E-state index in [2.05, 4.69) is 20.7 Å². The molecule has 0 fully saturated rings. The van der Waals surface area contributed by atoms with Crippen LogP contribution >= 0.6 is 11.6 Å². The number of anilines is 2. The molecule has 1 aliphatic rings. The Kier molecular flexibility index (Phi) is 5.43. The van der Waals surface area contributed by atoms with Crippen LogP contribution in [0.15, 0.2) is 54.0 Å². The maximum Gasteiger partial charge on any atom is 0.255 e. The Bertz CT molecular complexity index is 1190. The lowest BCUT2D eigenvalue weighted by molar-refractivity contribution is -0.113. The topological polar surface area (TPSA) is 111 Å². The van der Waals surface area contributed by atoms with E-state index in [1.54, 1.807) is 41.9 Å². The van der Waals surface area contributed by atoms with Gasteiger partial charge in [-0.3, -0.25) is 4.79 Å². The van der Waals surface area contributed by atoms with Crippen molar-refractivity contribution in [3.8, 4) is 17.2 Å². The summed E-state index contributed by atoms with van der Waals surface area (Å²) in [6.07, 6.45) is 1.40. The van der Waals surface area contributed by atoms with Crippen molar-refractivity contribution in [3.05, 3.63) is 64.6 Å². The summed E-state index contributed by atoms with van der Waals surface area (Å²) in [5.74, 6) is 0.972. The van der Waals surface area contributed by atoms with E-state index in [1.165, 1.54) is 20.5 Å². The molecule has 1 aliphatic heterocycles. The average molecular weight is 442 g/mol. The monoisotopic (exact) mass is 441 g/mol. The van der Waals surface area contributed by atoms with E-state index in [4.69, 9.17) is 21.1 Å². The molecule has 0 saturated heterocycles. The lowest BCUT2D eigenvalue weighted by Crippen LogP contribution is -2.31. The molecule has 1 amide bonds. The molecule has 31 heavy (non-hydrogen) atoms. The van der Waals surface area contributed by atoms with Gasteiger partial charge in [0.05, 0.1) is 30.5 Å². The van der Waals surface area contributed by atoms with Crippen LogP contribution in [0.25, 0.3) is 0 Å². The zero-order valence-corrected chi connectivity index (χ0v) is 17.8. The van der Waals surface area contributed by atoms with E-state index in [0.29, 0.717) is 45.0 Å². The van der Waals surface area contributed by atoms with Crippen molar-refractivity contribution in [2.24, 2.45) is 0 Å². The van der Waals surface area contributed by atoms with Gasteiger partial charge in [-0.15, -0.1) is 0 Å². The van der Waals surface area contributed by atoms with Crippen molar-refractivity contribution < 1.29 is 19.4 Å². The lowest BCUT2D eigenvalue weighted by Gasteiger charge is -2.29. The number of benzene rings is 2. The van der Waals surface area contributed by atoms with Gasteiger partial charge in [0.2, 0.25) is 5.95 Å². The van der Waals surface area contributed by atoms with Gasteiger partial charge in [-0.2, -0.15) is 10.1 Å². The molecule has 0 unspecified atom stereocenters. The summed E-state index contributed by atoms with van der Waals surface area (Å²) in [5, 5.41) is 20.6. The summed E-state index contributed by atoms with van der Waals surface area (Å²) in [7, 11) is 2.97. The van der Waals surface area contributed by atoms with Gasteiger partial charge in [0.1, 0.15) is 29.6 Å². The molecule has 3 N–H and O–H groups in total. The second-order valence-corrected chi connectivity index (χ2v) is 7.24. The van der Waals surface area contributed by atoms with Crippen LogP contribution in [-0.4, -0.2) is 40.0 Å². The van der Waals surface area contributed by atoms with Gasteiger partial charge in [0.15, 0.2) is 0 Å². The molecular weight excluding hydrogens is 422 g/mol. The molecule has 0 bridgehead atoms. The minimum absolute atomic E-state index is 0.0826. The normalized spacial score (nSPS) is 15.2. The van der Waals surface area contributed by atoms with E-state index in [0.717, 1.165) is 0 Å². The van der Waals surface area contributed by atoms with Crippen LogP contribution in [-0.2, 0) is 4.79 Å². The number of amides is 1. The maximum atomic E-state index is 13.5. The first kappa shape index (κ1) is 20.5. The molecular formula is C21H20ClN5O4. The van der Waals surface area contributed by atoms with Gasteiger partial charge in [-0.1, -0.05) is 23.7 Å². The highest BCUT2D eigenvalue weighted by molar-refractivity contribution is 6.32.